The Bertz CT molecular complexity index is 707. The Morgan fingerprint density at radius 3 is 1.84 bits per heavy atom. The van der Waals surface area contributed by atoms with Gasteiger partial charge in [-0.1, -0.05) is 102 Å². The number of ether oxygens (including phenoxy) is 1. The van der Waals surface area contributed by atoms with Gasteiger partial charge in [-0.05, 0) is 72.8 Å². The van der Waals surface area contributed by atoms with Crippen LogP contribution in [-0.4, -0.2) is 6.61 Å². The SMILES string of the molecule is CCCCCCCCCOc1ccc(-c2ccc(C3CCC(CCC)CC3)cc2)cc1. The summed E-state index contributed by atoms with van der Waals surface area (Å²) < 4.78 is 5.95. The zero-order chi connectivity index (χ0) is 21.7. The summed E-state index contributed by atoms with van der Waals surface area (Å²) >= 11 is 0. The normalized spacial score (nSPS) is 18.8. The first-order chi connectivity index (χ1) is 15.3. The highest BCUT2D eigenvalue weighted by molar-refractivity contribution is 5.64. The van der Waals surface area contributed by atoms with Crippen LogP contribution in [0.15, 0.2) is 48.5 Å². The van der Waals surface area contributed by atoms with Crippen molar-refractivity contribution < 1.29 is 4.74 Å². The van der Waals surface area contributed by atoms with E-state index in [1.807, 2.05) is 0 Å². The second-order valence-corrected chi connectivity index (χ2v) is 9.62. The minimum Gasteiger partial charge on any atom is -0.494 e. The molecule has 0 bridgehead atoms. The maximum Gasteiger partial charge on any atom is 0.119 e. The van der Waals surface area contributed by atoms with Gasteiger partial charge >= 0.3 is 0 Å². The van der Waals surface area contributed by atoms with Gasteiger partial charge in [-0.3, -0.25) is 0 Å². The molecule has 0 aliphatic heterocycles. The third kappa shape index (κ3) is 8.02. The lowest BCUT2D eigenvalue weighted by molar-refractivity contribution is 0.304. The Kier molecular flexibility index (Phi) is 10.5. The van der Waals surface area contributed by atoms with Crippen LogP contribution in [0.3, 0.4) is 0 Å². The van der Waals surface area contributed by atoms with Crippen LogP contribution in [0.4, 0.5) is 0 Å². The standard InChI is InChI=1S/C30H44O/c1-3-5-6-7-8-9-10-24-31-30-22-20-29(21-23-30)28-18-16-27(17-19-28)26-14-12-25(11-4-2)13-15-26/h16-23,25-26H,3-15,24H2,1-2H3. The van der Waals surface area contributed by atoms with Crippen LogP contribution in [0.1, 0.15) is 109 Å². The molecule has 1 nitrogen and oxygen atoms in total. The van der Waals surface area contributed by atoms with Crippen molar-refractivity contribution in [2.45, 2.75) is 103 Å². The summed E-state index contributed by atoms with van der Waals surface area (Å²) in [7, 11) is 0. The predicted molar refractivity (Wildman–Crippen MR) is 135 cm³/mol. The Balaban J connectivity index is 1.40. The molecule has 0 amide bonds. The number of hydrogen-bond donors (Lipinski definition) is 0. The average molecular weight is 421 g/mol. The van der Waals surface area contributed by atoms with Gasteiger partial charge in [0.15, 0.2) is 0 Å². The molecule has 0 radical (unpaired) electrons. The van der Waals surface area contributed by atoms with Gasteiger partial charge in [-0.2, -0.15) is 0 Å². The van der Waals surface area contributed by atoms with Crippen LogP contribution in [0.25, 0.3) is 11.1 Å². The number of hydrogen-bond acceptors (Lipinski definition) is 1. The first kappa shape index (κ1) is 23.9. The molecule has 31 heavy (non-hydrogen) atoms. The minimum absolute atomic E-state index is 0.768. The first-order valence-corrected chi connectivity index (χ1v) is 13.1. The molecule has 1 fully saturated rings. The summed E-state index contributed by atoms with van der Waals surface area (Å²) in [5.41, 5.74) is 4.12. The van der Waals surface area contributed by atoms with Crippen molar-refractivity contribution in [3.8, 4) is 16.9 Å². The number of unbranched alkanes of at least 4 members (excludes halogenated alkanes) is 6. The largest absolute Gasteiger partial charge is 0.494 e. The summed E-state index contributed by atoms with van der Waals surface area (Å²) in [5.74, 6) is 2.74. The fraction of sp³-hybridized carbons (Fsp3) is 0.600. The van der Waals surface area contributed by atoms with Crippen molar-refractivity contribution in [1.82, 2.24) is 0 Å². The molecule has 1 saturated carbocycles. The van der Waals surface area contributed by atoms with Gasteiger partial charge in [0.1, 0.15) is 5.75 Å². The van der Waals surface area contributed by atoms with Crippen molar-refractivity contribution in [3.05, 3.63) is 54.1 Å². The highest BCUT2D eigenvalue weighted by Gasteiger charge is 2.21. The third-order valence-electron chi connectivity index (χ3n) is 7.13. The molecule has 1 heteroatoms. The quantitative estimate of drug-likeness (QED) is 0.293. The van der Waals surface area contributed by atoms with Crippen LogP contribution in [0.5, 0.6) is 5.75 Å². The minimum atomic E-state index is 0.768. The molecule has 3 rings (SSSR count). The molecule has 0 saturated heterocycles. The topological polar surface area (TPSA) is 9.23 Å². The number of rotatable bonds is 13. The predicted octanol–water partition coefficient (Wildman–Crippen LogP) is 9.56. The van der Waals surface area contributed by atoms with Crippen molar-refractivity contribution in [2.75, 3.05) is 6.61 Å². The molecule has 1 aliphatic rings. The van der Waals surface area contributed by atoms with Gasteiger partial charge in [0.25, 0.3) is 0 Å². The van der Waals surface area contributed by atoms with E-state index in [9.17, 15) is 0 Å². The summed E-state index contributed by atoms with van der Waals surface area (Å²) in [5, 5.41) is 0. The van der Waals surface area contributed by atoms with Crippen molar-refractivity contribution >= 4 is 0 Å². The van der Waals surface area contributed by atoms with Crippen molar-refractivity contribution in [1.29, 1.82) is 0 Å². The zero-order valence-corrected chi connectivity index (χ0v) is 20.1. The Morgan fingerprint density at radius 2 is 1.23 bits per heavy atom. The van der Waals surface area contributed by atoms with Gasteiger partial charge in [0, 0.05) is 0 Å². The molecular weight excluding hydrogens is 376 g/mol. The lowest BCUT2D eigenvalue weighted by Crippen LogP contribution is -2.13. The van der Waals surface area contributed by atoms with E-state index in [1.165, 1.54) is 93.7 Å². The molecule has 170 valence electrons. The van der Waals surface area contributed by atoms with Gasteiger partial charge in [-0.25, -0.2) is 0 Å². The highest BCUT2D eigenvalue weighted by atomic mass is 16.5. The molecule has 2 aromatic carbocycles. The van der Waals surface area contributed by atoms with Crippen LogP contribution >= 0.6 is 0 Å². The van der Waals surface area contributed by atoms with E-state index < -0.39 is 0 Å². The molecule has 2 aromatic rings. The molecule has 0 atom stereocenters. The van der Waals surface area contributed by atoms with Crippen LogP contribution < -0.4 is 4.74 Å². The second-order valence-electron chi connectivity index (χ2n) is 9.62. The van der Waals surface area contributed by atoms with E-state index in [0.29, 0.717) is 0 Å². The Labute approximate surface area is 191 Å². The molecule has 0 heterocycles. The van der Waals surface area contributed by atoms with Gasteiger partial charge in [0.2, 0.25) is 0 Å². The smallest absolute Gasteiger partial charge is 0.119 e. The van der Waals surface area contributed by atoms with Gasteiger partial charge < -0.3 is 4.74 Å². The number of benzene rings is 2. The van der Waals surface area contributed by atoms with Crippen LogP contribution in [0.2, 0.25) is 0 Å². The van der Waals surface area contributed by atoms with Crippen LogP contribution in [0, 0.1) is 5.92 Å². The summed E-state index contributed by atoms with van der Waals surface area (Å²) in [4.78, 5) is 0. The first-order valence-electron chi connectivity index (χ1n) is 13.1. The zero-order valence-electron chi connectivity index (χ0n) is 20.1. The molecule has 1 aliphatic carbocycles. The molecule has 0 spiro atoms. The van der Waals surface area contributed by atoms with Crippen LogP contribution in [-0.2, 0) is 0 Å². The van der Waals surface area contributed by atoms with Gasteiger partial charge in [-0.15, -0.1) is 0 Å². The fourth-order valence-corrected chi connectivity index (χ4v) is 5.13. The fourth-order valence-electron chi connectivity index (χ4n) is 5.13. The lowest BCUT2D eigenvalue weighted by Gasteiger charge is -2.28. The van der Waals surface area contributed by atoms with Crippen molar-refractivity contribution in [2.24, 2.45) is 5.92 Å². The van der Waals surface area contributed by atoms with E-state index in [-0.39, 0.29) is 0 Å². The van der Waals surface area contributed by atoms with E-state index in [0.717, 1.165) is 30.6 Å². The average Bonchev–Trinajstić information content (AvgIpc) is 2.82. The highest BCUT2D eigenvalue weighted by Crippen LogP contribution is 2.38. The summed E-state index contributed by atoms with van der Waals surface area (Å²) in [6, 6.07) is 18.0. The molecular formula is C30H44O. The van der Waals surface area contributed by atoms with Gasteiger partial charge in [0.05, 0.1) is 6.61 Å². The third-order valence-corrected chi connectivity index (χ3v) is 7.13. The molecule has 0 N–H and O–H groups in total. The van der Waals surface area contributed by atoms with E-state index in [2.05, 4.69) is 62.4 Å². The second kappa shape index (κ2) is 13.6. The Morgan fingerprint density at radius 1 is 0.645 bits per heavy atom. The Hall–Kier alpha value is -1.76. The van der Waals surface area contributed by atoms with E-state index in [1.54, 1.807) is 0 Å². The monoisotopic (exact) mass is 420 g/mol. The lowest BCUT2D eigenvalue weighted by atomic mass is 9.77. The maximum atomic E-state index is 5.95. The summed E-state index contributed by atoms with van der Waals surface area (Å²) in [6.45, 7) is 5.43. The maximum absolute atomic E-state index is 5.95. The molecule has 0 unspecified atom stereocenters. The van der Waals surface area contributed by atoms with Crippen molar-refractivity contribution in [3.63, 3.8) is 0 Å². The summed E-state index contributed by atoms with van der Waals surface area (Å²) in [6.07, 6.45) is 17.6. The van der Waals surface area contributed by atoms with E-state index >= 15 is 0 Å². The van der Waals surface area contributed by atoms with E-state index in [4.69, 9.17) is 4.74 Å². The molecule has 0 aromatic heterocycles.